The van der Waals surface area contributed by atoms with Crippen molar-refractivity contribution in [1.82, 2.24) is 14.7 Å². The monoisotopic (exact) mass is 951 g/mol. The summed E-state index contributed by atoms with van der Waals surface area (Å²) in [5, 5.41) is 0.235. The standard InChI is InChI=1S/C49H66ClN5O8S2/c1-35(36(2)64(58)59)10-9-21-49(62-3,34-52-23-24-53-25-26-55(32-42(53)31-52)47(56)20-27-65(60,61)43-12-5-4-6-13-43)44-18-15-39(44)30-54-22-8-7-11-37-28-41(50)17-14-40(37)33-63-46-19-16-38(48(51)57)29-45(46)54/h4-6,9,12-14,16-17,19,21,28-29,35-36,39,42,44,64H,7-8,10-11,15,18,20,22-27,30-34H2,1-3H3,(H2,51,57)/b21-9+/t35?,36-,39+,42?,44-,49?/m1/s1. The lowest BCUT2D eigenvalue weighted by molar-refractivity contribution is -0.136. The molecule has 3 aromatic rings. The van der Waals surface area contributed by atoms with Gasteiger partial charge in [-0.3, -0.25) is 19.4 Å². The number of nitrogens with zero attached hydrogens (tertiary/aromatic N) is 4. The normalized spacial score (nSPS) is 22.9. The molecular formula is C49H66ClN5O8S2. The number of carbonyl (C=O) groups excluding carboxylic acids is 2. The maximum atomic E-state index is 13.5. The van der Waals surface area contributed by atoms with E-state index in [-0.39, 0.29) is 46.8 Å². The average molecular weight is 953 g/mol. The summed E-state index contributed by atoms with van der Waals surface area (Å²) in [5.74, 6) is 0.0655. The van der Waals surface area contributed by atoms with E-state index >= 15 is 0 Å². The summed E-state index contributed by atoms with van der Waals surface area (Å²) in [6, 6.07) is 19.7. The zero-order valence-electron chi connectivity index (χ0n) is 38.0. The van der Waals surface area contributed by atoms with Gasteiger partial charge in [0.1, 0.15) is 28.7 Å². The van der Waals surface area contributed by atoms with Gasteiger partial charge in [0.15, 0.2) is 9.84 Å². The number of thiol groups is 1. The fourth-order valence-electron chi connectivity index (χ4n) is 10.1. The third-order valence-electron chi connectivity index (χ3n) is 14.5. The Bertz CT molecular complexity index is 2360. The number of hydrogen-bond donors (Lipinski definition) is 2. The molecule has 3 aromatic carbocycles. The number of hydrogen-bond acceptors (Lipinski definition) is 11. The molecule has 3 unspecified atom stereocenters. The largest absolute Gasteiger partial charge is 0.487 e. The molecule has 3 fully saturated rings. The number of piperazine rings is 2. The summed E-state index contributed by atoms with van der Waals surface area (Å²) in [5.41, 5.74) is 8.65. The van der Waals surface area contributed by atoms with Crippen molar-refractivity contribution in [2.24, 2.45) is 23.5 Å². The molecule has 0 aromatic heterocycles. The number of amides is 2. The lowest BCUT2D eigenvalue weighted by Gasteiger charge is -2.53. The zero-order valence-corrected chi connectivity index (χ0v) is 40.5. The molecule has 3 heterocycles. The molecule has 354 valence electrons. The highest BCUT2D eigenvalue weighted by molar-refractivity contribution is 7.91. The van der Waals surface area contributed by atoms with Gasteiger partial charge < -0.3 is 25.0 Å². The summed E-state index contributed by atoms with van der Waals surface area (Å²) in [4.78, 5) is 35.4. The number of aryl methyl sites for hydroxylation is 1. The Labute approximate surface area is 392 Å². The van der Waals surface area contributed by atoms with E-state index in [4.69, 9.17) is 26.8 Å². The van der Waals surface area contributed by atoms with Crippen molar-refractivity contribution < 1.29 is 35.9 Å². The number of fused-ring (bicyclic) bond motifs is 3. The van der Waals surface area contributed by atoms with Crippen molar-refractivity contribution in [3.05, 3.63) is 101 Å². The number of allylic oxidation sites excluding steroid dienone is 1. The van der Waals surface area contributed by atoms with Crippen LogP contribution >= 0.6 is 11.6 Å². The SMILES string of the molecule is COC(/C=C/CC(C)[C@@H](C)[SH](=O)=O)(CN1CCN2CCN(C(=O)CCS(=O)(=O)c3ccccc3)CC2C1)[C@@H]1CC[C@H]1CN1CCCCc2cc(Cl)ccc2COc2ccc(C(N)=O)cc21. The van der Waals surface area contributed by atoms with E-state index in [1.54, 1.807) is 50.4 Å². The maximum Gasteiger partial charge on any atom is 0.248 e. The lowest BCUT2D eigenvalue weighted by Crippen LogP contribution is -2.65. The van der Waals surface area contributed by atoms with E-state index in [9.17, 15) is 26.4 Å². The van der Waals surface area contributed by atoms with Gasteiger partial charge in [-0.15, -0.1) is 0 Å². The topological polar surface area (TPSA) is 160 Å². The Kier molecular flexibility index (Phi) is 16.4. The van der Waals surface area contributed by atoms with Gasteiger partial charge in [-0.05, 0) is 117 Å². The Morgan fingerprint density at radius 2 is 1.75 bits per heavy atom. The first kappa shape index (κ1) is 48.9. The van der Waals surface area contributed by atoms with Crippen LogP contribution in [0.4, 0.5) is 5.69 Å². The van der Waals surface area contributed by atoms with Crippen LogP contribution in [0.2, 0.25) is 5.02 Å². The fraction of sp³-hybridized carbons (Fsp3) is 0.551. The number of rotatable bonds is 16. The van der Waals surface area contributed by atoms with Crippen LogP contribution in [0.1, 0.15) is 73.9 Å². The molecule has 1 saturated carbocycles. The second-order valence-electron chi connectivity index (χ2n) is 18.5. The maximum absolute atomic E-state index is 13.5. The number of carbonyl (C=O) groups is 2. The van der Waals surface area contributed by atoms with Crippen LogP contribution in [0.3, 0.4) is 0 Å². The molecule has 2 saturated heterocycles. The summed E-state index contributed by atoms with van der Waals surface area (Å²) < 4.78 is 63.1. The molecule has 0 radical (unpaired) electrons. The van der Waals surface area contributed by atoms with Gasteiger partial charge in [0, 0.05) is 89.1 Å². The van der Waals surface area contributed by atoms with Crippen LogP contribution in [0, 0.1) is 17.8 Å². The van der Waals surface area contributed by atoms with Crippen LogP contribution in [-0.4, -0.2) is 132 Å². The van der Waals surface area contributed by atoms with Gasteiger partial charge in [-0.25, -0.2) is 16.8 Å². The number of nitrogens with two attached hydrogens (primary N) is 1. The highest BCUT2D eigenvalue weighted by Crippen LogP contribution is 2.47. The summed E-state index contributed by atoms with van der Waals surface area (Å²) in [6.45, 7) is 10.3. The molecule has 16 heteroatoms. The van der Waals surface area contributed by atoms with Crippen LogP contribution in [0.25, 0.3) is 0 Å². The molecule has 6 atom stereocenters. The molecular weight excluding hydrogens is 886 g/mol. The number of halogens is 1. The zero-order chi connectivity index (χ0) is 46.3. The fourth-order valence-corrected chi connectivity index (χ4v) is 12.1. The first-order chi connectivity index (χ1) is 31.2. The molecule has 2 amide bonds. The molecule has 7 rings (SSSR count). The molecule has 2 N–H and O–H groups in total. The second kappa shape index (κ2) is 21.8. The first-order valence-corrected chi connectivity index (χ1v) is 26.4. The Morgan fingerprint density at radius 3 is 2.48 bits per heavy atom. The van der Waals surface area contributed by atoms with Crippen molar-refractivity contribution in [2.45, 2.75) is 87.2 Å². The number of primary amides is 1. The second-order valence-corrected chi connectivity index (χ2v) is 22.5. The first-order valence-electron chi connectivity index (χ1n) is 23.1. The molecule has 1 aliphatic carbocycles. The van der Waals surface area contributed by atoms with Crippen molar-refractivity contribution >= 4 is 49.6 Å². The predicted octanol–water partition coefficient (Wildman–Crippen LogP) is 5.85. The van der Waals surface area contributed by atoms with Crippen molar-refractivity contribution in [3.8, 4) is 5.75 Å². The molecule has 0 spiro atoms. The number of benzene rings is 3. The molecule has 13 nitrogen and oxygen atoms in total. The Hall–Kier alpha value is -3.99. The number of methoxy groups -OCH3 is 1. The number of sulfone groups is 1. The molecule has 65 heavy (non-hydrogen) atoms. The van der Waals surface area contributed by atoms with Gasteiger partial charge in [0.25, 0.3) is 0 Å². The minimum absolute atomic E-state index is 0.0636. The van der Waals surface area contributed by atoms with Gasteiger partial charge >= 0.3 is 0 Å². The molecule has 4 aliphatic rings. The minimum Gasteiger partial charge on any atom is -0.487 e. The Balaban J connectivity index is 1.10. The van der Waals surface area contributed by atoms with Gasteiger partial charge in [0.2, 0.25) is 11.8 Å². The predicted molar refractivity (Wildman–Crippen MR) is 256 cm³/mol. The van der Waals surface area contributed by atoms with E-state index < -0.39 is 37.3 Å². The lowest BCUT2D eigenvalue weighted by atomic mass is 9.63. The van der Waals surface area contributed by atoms with Gasteiger partial charge in [0.05, 0.1) is 21.6 Å². The Morgan fingerprint density at radius 1 is 0.969 bits per heavy atom. The summed E-state index contributed by atoms with van der Waals surface area (Å²) in [7, 11) is -4.36. The third kappa shape index (κ3) is 11.9. The van der Waals surface area contributed by atoms with E-state index in [0.717, 1.165) is 69.5 Å². The molecule has 3 aliphatic heterocycles. The third-order valence-corrected chi connectivity index (χ3v) is 17.6. The molecule has 0 bridgehead atoms. The minimum atomic E-state index is -3.58. The number of ether oxygens (including phenoxy) is 2. The highest BCUT2D eigenvalue weighted by atomic mass is 35.5. The van der Waals surface area contributed by atoms with E-state index in [2.05, 4.69) is 26.9 Å². The van der Waals surface area contributed by atoms with Crippen LogP contribution in [0.5, 0.6) is 5.75 Å². The van der Waals surface area contributed by atoms with E-state index in [1.165, 1.54) is 5.56 Å². The number of anilines is 1. The summed E-state index contributed by atoms with van der Waals surface area (Å²) >= 11 is 6.42. The van der Waals surface area contributed by atoms with E-state index in [0.29, 0.717) is 62.1 Å². The van der Waals surface area contributed by atoms with Crippen LogP contribution in [0.15, 0.2) is 83.8 Å². The van der Waals surface area contributed by atoms with E-state index in [1.807, 2.05) is 42.2 Å². The smallest absolute Gasteiger partial charge is 0.248 e. The van der Waals surface area contributed by atoms with Crippen molar-refractivity contribution in [1.29, 1.82) is 0 Å². The summed E-state index contributed by atoms with van der Waals surface area (Å²) in [6.07, 6.45) is 9.46. The van der Waals surface area contributed by atoms with Crippen molar-refractivity contribution in [3.63, 3.8) is 0 Å². The van der Waals surface area contributed by atoms with Gasteiger partial charge in [-0.2, -0.15) is 0 Å². The average Bonchev–Trinajstić information content (AvgIpc) is 3.32. The quantitative estimate of drug-likeness (QED) is 0.131. The van der Waals surface area contributed by atoms with Gasteiger partial charge in [-0.1, -0.05) is 54.9 Å². The highest BCUT2D eigenvalue weighted by Gasteiger charge is 2.49. The van der Waals surface area contributed by atoms with Crippen LogP contribution < -0.4 is 15.4 Å². The van der Waals surface area contributed by atoms with Crippen molar-refractivity contribution in [2.75, 3.05) is 76.7 Å². The van der Waals surface area contributed by atoms with Crippen LogP contribution in [-0.2, 0) is 43.1 Å².